The van der Waals surface area contributed by atoms with E-state index in [1.165, 1.54) is 277 Å². The average molecular weight is 889 g/mol. The summed E-state index contributed by atoms with van der Waals surface area (Å²) in [6.07, 6.45) is 50.4. The lowest BCUT2D eigenvalue weighted by Gasteiger charge is -2.35. The van der Waals surface area contributed by atoms with Crippen molar-refractivity contribution in [3.8, 4) is 0 Å². The highest BCUT2D eigenvalue weighted by molar-refractivity contribution is 5.76. The lowest BCUT2D eigenvalue weighted by atomic mass is 10.1. The third-order valence-corrected chi connectivity index (χ3v) is 14.4. The lowest BCUT2D eigenvalue weighted by molar-refractivity contribution is -0.133. The first-order valence-corrected chi connectivity index (χ1v) is 29.2. The smallest absolute Gasteiger partial charge is 0.223 e. The monoisotopic (exact) mass is 888 g/mol. The zero-order valence-corrected chi connectivity index (χ0v) is 44.2. The molecule has 0 aromatic rings. The van der Waals surface area contributed by atoms with Crippen molar-refractivity contribution in [1.29, 1.82) is 0 Å². The van der Waals surface area contributed by atoms with Crippen LogP contribution in [0.5, 0.6) is 0 Å². The van der Waals surface area contributed by atoms with Crippen LogP contribution >= 0.6 is 0 Å². The molecule has 1 aliphatic heterocycles. The zero-order chi connectivity index (χ0) is 45.5. The highest BCUT2D eigenvalue weighted by atomic mass is 16.2. The number of carbonyl (C=O) groups excluding carboxylic acids is 1. The Hall–Kier alpha value is -0.690. The first-order chi connectivity index (χ1) is 31.1. The van der Waals surface area contributed by atoms with Gasteiger partial charge in [0.1, 0.15) is 0 Å². The van der Waals surface area contributed by atoms with Crippen molar-refractivity contribution < 1.29 is 4.79 Å². The minimum absolute atomic E-state index is 0.401. The van der Waals surface area contributed by atoms with Crippen molar-refractivity contribution in [2.75, 3.05) is 91.6 Å². The van der Waals surface area contributed by atoms with Crippen LogP contribution in [0.4, 0.5) is 0 Å². The molecule has 0 N–H and O–H groups in total. The van der Waals surface area contributed by atoms with Crippen LogP contribution in [0, 0.1) is 0 Å². The van der Waals surface area contributed by atoms with Crippen LogP contribution in [0.15, 0.2) is 0 Å². The zero-order valence-electron chi connectivity index (χ0n) is 44.2. The molecule has 0 aromatic heterocycles. The number of rotatable bonds is 50. The predicted octanol–water partition coefficient (Wildman–Crippen LogP) is 15.6. The summed E-state index contributed by atoms with van der Waals surface area (Å²) in [5.41, 5.74) is 0. The molecule has 1 saturated heterocycles. The number of piperazine rings is 1. The van der Waals surface area contributed by atoms with E-state index in [2.05, 4.69) is 59.1 Å². The summed E-state index contributed by atoms with van der Waals surface area (Å²) in [6, 6.07) is 0. The number of hydrogen-bond donors (Lipinski definition) is 0. The van der Waals surface area contributed by atoms with Crippen LogP contribution in [0.2, 0.25) is 0 Å². The molecule has 1 amide bonds. The molecule has 6 heteroatoms. The average Bonchev–Trinajstić information content (AvgIpc) is 3.30. The van der Waals surface area contributed by atoms with Crippen LogP contribution in [0.1, 0.15) is 272 Å². The van der Waals surface area contributed by atoms with E-state index in [-0.39, 0.29) is 0 Å². The Morgan fingerprint density at radius 3 is 0.873 bits per heavy atom. The molecule has 0 aromatic carbocycles. The predicted molar refractivity (Wildman–Crippen MR) is 282 cm³/mol. The van der Waals surface area contributed by atoms with Gasteiger partial charge in [-0.3, -0.25) is 9.69 Å². The number of unbranched alkanes of at least 4 members (excludes halogenated alkanes) is 30. The van der Waals surface area contributed by atoms with Gasteiger partial charge >= 0.3 is 0 Å². The molecule has 6 nitrogen and oxygen atoms in total. The van der Waals surface area contributed by atoms with E-state index in [1.54, 1.807) is 0 Å². The largest absolute Gasteiger partial charge is 0.340 e. The van der Waals surface area contributed by atoms with Gasteiger partial charge in [0.25, 0.3) is 0 Å². The Labute approximate surface area is 397 Å². The summed E-state index contributed by atoms with van der Waals surface area (Å²) in [5.74, 6) is 0.401. The van der Waals surface area contributed by atoms with Crippen LogP contribution in [0.25, 0.3) is 0 Å². The van der Waals surface area contributed by atoms with Crippen molar-refractivity contribution in [3.63, 3.8) is 0 Å². The Balaban J connectivity index is 2.62. The Kier molecular flexibility index (Phi) is 45.8. The van der Waals surface area contributed by atoms with E-state index in [0.717, 1.165) is 45.8 Å². The second kappa shape index (κ2) is 47.8. The molecule has 0 bridgehead atoms. The third-order valence-electron chi connectivity index (χ3n) is 14.4. The normalized spacial score (nSPS) is 13.7. The van der Waals surface area contributed by atoms with Gasteiger partial charge in [0, 0.05) is 52.2 Å². The fourth-order valence-corrected chi connectivity index (χ4v) is 9.90. The van der Waals surface area contributed by atoms with Crippen LogP contribution in [0.3, 0.4) is 0 Å². The molecule has 0 saturated carbocycles. The van der Waals surface area contributed by atoms with Crippen molar-refractivity contribution in [2.24, 2.45) is 0 Å². The molecule has 0 spiro atoms. The minimum Gasteiger partial charge on any atom is -0.340 e. The molecule has 0 atom stereocenters. The standard InChI is InChI=1S/C57H117N5O/c1-6-11-16-21-26-31-36-43-58(44-37-32-27-22-17-12-7-2)48-41-49-61-53-55-62(56-54-61)57(63)42-50-60(47-40-35-30-25-20-15-10-5)52-51-59(45-38-33-28-23-18-13-8-3)46-39-34-29-24-19-14-9-4/h6-56H2,1-5H3. The van der Waals surface area contributed by atoms with E-state index in [0.29, 0.717) is 12.3 Å². The van der Waals surface area contributed by atoms with E-state index in [1.807, 2.05) is 0 Å². The molecular formula is C57H117N5O. The van der Waals surface area contributed by atoms with E-state index < -0.39 is 0 Å². The quantitative estimate of drug-likeness (QED) is 0.0569. The topological polar surface area (TPSA) is 33.3 Å². The van der Waals surface area contributed by atoms with Crippen LogP contribution < -0.4 is 0 Å². The van der Waals surface area contributed by atoms with Crippen molar-refractivity contribution in [2.45, 2.75) is 272 Å². The lowest BCUT2D eigenvalue weighted by Crippen LogP contribution is -2.49. The van der Waals surface area contributed by atoms with E-state index in [9.17, 15) is 4.79 Å². The molecular weight excluding hydrogens is 771 g/mol. The Bertz CT molecular complexity index is 873. The van der Waals surface area contributed by atoms with Gasteiger partial charge in [-0.25, -0.2) is 0 Å². The van der Waals surface area contributed by atoms with Gasteiger partial charge in [0.2, 0.25) is 5.91 Å². The van der Waals surface area contributed by atoms with Gasteiger partial charge in [-0.15, -0.1) is 0 Å². The molecule has 1 rings (SSSR count). The highest BCUT2D eigenvalue weighted by Gasteiger charge is 2.22. The van der Waals surface area contributed by atoms with Crippen molar-refractivity contribution in [1.82, 2.24) is 24.5 Å². The summed E-state index contributed by atoms with van der Waals surface area (Å²) >= 11 is 0. The molecule has 0 radical (unpaired) electrons. The minimum atomic E-state index is 0.401. The fraction of sp³-hybridized carbons (Fsp3) is 0.982. The molecule has 1 aliphatic rings. The maximum absolute atomic E-state index is 13.7. The maximum Gasteiger partial charge on any atom is 0.223 e. The second-order valence-corrected chi connectivity index (χ2v) is 20.5. The number of hydrogen-bond acceptors (Lipinski definition) is 5. The first-order valence-electron chi connectivity index (χ1n) is 29.2. The molecule has 376 valence electrons. The molecule has 1 fully saturated rings. The molecule has 0 unspecified atom stereocenters. The van der Waals surface area contributed by atoms with Gasteiger partial charge in [0.15, 0.2) is 0 Å². The molecule has 1 heterocycles. The summed E-state index contributed by atoms with van der Waals surface area (Å²) in [4.78, 5) is 26.9. The SMILES string of the molecule is CCCCCCCCCN(CCCCCCCCC)CCCN1CCN(C(=O)CCN(CCCCCCCCC)CCN(CCCCCCCCC)CCCCCCCCC)CC1. The van der Waals surface area contributed by atoms with E-state index in [4.69, 9.17) is 0 Å². The number of carbonyl (C=O) groups is 1. The van der Waals surface area contributed by atoms with E-state index >= 15 is 0 Å². The number of nitrogens with zero attached hydrogens (tertiary/aromatic N) is 5. The second-order valence-electron chi connectivity index (χ2n) is 20.5. The van der Waals surface area contributed by atoms with Gasteiger partial charge in [-0.1, -0.05) is 227 Å². The van der Waals surface area contributed by atoms with Gasteiger partial charge in [-0.05, 0) is 84.3 Å². The van der Waals surface area contributed by atoms with Gasteiger partial charge in [0.05, 0.1) is 0 Å². The van der Waals surface area contributed by atoms with Crippen molar-refractivity contribution >= 4 is 5.91 Å². The Morgan fingerprint density at radius 1 is 0.302 bits per heavy atom. The molecule has 63 heavy (non-hydrogen) atoms. The maximum atomic E-state index is 13.7. The third kappa shape index (κ3) is 39.1. The van der Waals surface area contributed by atoms with Crippen LogP contribution in [-0.4, -0.2) is 122 Å². The Morgan fingerprint density at radius 2 is 0.556 bits per heavy atom. The summed E-state index contributed by atoms with van der Waals surface area (Å²) < 4.78 is 0. The van der Waals surface area contributed by atoms with Crippen LogP contribution in [-0.2, 0) is 4.79 Å². The summed E-state index contributed by atoms with van der Waals surface area (Å²) in [7, 11) is 0. The highest BCUT2D eigenvalue weighted by Crippen LogP contribution is 2.15. The fourth-order valence-electron chi connectivity index (χ4n) is 9.90. The summed E-state index contributed by atoms with van der Waals surface area (Å²) in [6.45, 7) is 27.4. The van der Waals surface area contributed by atoms with Gasteiger partial charge < -0.3 is 19.6 Å². The van der Waals surface area contributed by atoms with Gasteiger partial charge in [-0.2, -0.15) is 0 Å². The number of amides is 1. The summed E-state index contributed by atoms with van der Waals surface area (Å²) in [5, 5.41) is 0. The first kappa shape index (κ1) is 60.3. The van der Waals surface area contributed by atoms with Crippen molar-refractivity contribution in [3.05, 3.63) is 0 Å². The molecule has 0 aliphatic carbocycles.